The second-order valence-electron chi connectivity index (χ2n) is 5.34. The number of phenolic OH excluding ortho intramolecular Hbond substituents is 2. The van der Waals surface area contributed by atoms with Crippen LogP contribution < -0.4 is 5.32 Å². The van der Waals surface area contributed by atoms with Crippen LogP contribution in [-0.4, -0.2) is 40.8 Å². The van der Waals surface area contributed by atoms with Crippen LogP contribution in [0.25, 0.3) is 0 Å². The van der Waals surface area contributed by atoms with E-state index in [2.05, 4.69) is 24.1 Å². The number of nitrogens with zero attached hydrogens (tertiary/aromatic N) is 1. The van der Waals surface area contributed by atoms with Crippen LogP contribution in [0.4, 0.5) is 0 Å². The summed E-state index contributed by atoms with van der Waals surface area (Å²) in [5.41, 5.74) is 0.970. The van der Waals surface area contributed by atoms with Gasteiger partial charge in [-0.3, -0.25) is 4.90 Å². The smallest absolute Gasteiger partial charge is 0.119 e. The first kappa shape index (κ1) is 14.2. The molecule has 1 aliphatic rings. The highest BCUT2D eigenvalue weighted by Gasteiger charge is 2.26. The molecule has 0 saturated carbocycles. The van der Waals surface area contributed by atoms with Crippen LogP contribution in [0.5, 0.6) is 11.5 Å². The Kier molecular flexibility index (Phi) is 4.66. The van der Waals surface area contributed by atoms with Crippen LogP contribution in [0.2, 0.25) is 0 Å². The van der Waals surface area contributed by atoms with Crippen molar-refractivity contribution in [3.63, 3.8) is 0 Å². The Morgan fingerprint density at radius 2 is 2.00 bits per heavy atom. The average Bonchev–Trinajstić information content (AvgIpc) is 2.87. The Bertz CT molecular complexity index is 396. The zero-order valence-corrected chi connectivity index (χ0v) is 11.8. The molecule has 1 saturated heterocycles. The summed E-state index contributed by atoms with van der Waals surface area (Å²) in [7, 11) is 0. The molecule has 0 amide bonds. The second kappa shape index (κ2) is 6.26. The number of aromatic hydroxyl groups is 2. The summed E-state index contributed by atoms with van der Waals surface area (Å²) in [4.78, 5) is 2.47. The van der Waals surface area contributed by atoms with Gasteiger partial charge in [-0.2, -0.15) is 0 Å². The molecule has 2 atom stereocenters. The van der Waals surface area contributed by atoms with E-state index in [4.69, 9.17) is 0 Å². The van der Waals surface area contributed by atoms with Crippen LogP contribution in [0.1, 0.15) is 38.3 Å². The third-order valence-electron chi connectivity index (χ3n) is 3.89. The number of hydrogen-bond acceptors (Lipinski definition) is 4. The van der Waals surface area contributed by atoms with E-state index in [1.54, 1.807) is 12.1 Å². The summed E-state index contributed by atoms with van der Waals surface area (Å²) in [6, 6.07) is 5.60. The van der Waals surface area contributed by atoms with Gasteiger partial charge in [-0.05, 0) is 50.6 Å². The maximum atomic E-state index is 9.63. The average molecular weight is 264 g/mol. The van der Waals surface area contributed by atoms with Crippen LogP contribution >= 0.6 is 0 Å². The lowest BCUT2D eigenvalue weighted by molar-refractivity contribution is 0.153. The molecular formula is C15H24N2O2. The van der Waals surface area contributed by atoms with Gasteiger partial charge in [0.1, 0.15) is 11.5 Å². The molecule has 106 valence electrons. The number of benzene rings is 1. The summed E-state index contributed by atoms with van der Waals surface area (Å²) < 4.78 is 0. The molecule has 0 bridgehead atoms. The van der Waals surface area contributed by atoms with Crippen molar-refractivity contribution in [2.45, 2.75) is 38.8 Å². The molecule has 0 radical (unpaired) electrons. The largest absolute Gasteiger partial charge is 0.508 e. The lowest BCUT2D eigenvalue weighted by atomic mass is 10.0. The highest BCUT2D eigenvalue weighted by Crippen LogP contribution is 2.30. The fraction of sp³-hybridized carbons (Fsp3) is 0.600. The molecule has 4 nitrogen and oxygen atoms in total. The Balaban J connectivity index is 2.19. The van der Waals surface area contributed by atoms with Crippen molar-refractivity contribution in [2.24, 2.45) is 0 Å². The predicted octanol–water partition coefficient (Wildman–Crippen LogP) is 2.23. The Morgan fingerprint density at radius 1 is 1.32 bits per heavy atom. The molecule has 0 aromatic heterocycles. The van der Waals surface area contributed by atoms with Crippen molar-refractivity contribution in [2.75, 3.05) is 19.6 Å². The van der Waals surface area contributed by atoms with Crippen LogP contribution in [0.3, 0.4) is 0 Å². The first-order chi connectivity index (χ1) is 9.11. The lowest BCUT2D eigenvalue weighted by Gasteiger charge is -2.34. The van der Waals surface area contributed by atoms with Gasteiger partial charge in [0.2, 0.25) is 0 Å². The zero-order valence-electron chi connectivity index (χ0n) is 11.8. The summed E-state index contributed by atoms with van der Waals surface area (Å²) in [5, 5.41) is 22.7. The molecule has 4 heteroatoms. The molecule has 1 aliphatic heterocycles. The number of phenols is 2. The highest BCUT2D eigenvalue weighted by molar-refractivity contribution is 5.38. The second-order valence-corrected chi connectivity index (χ2v) is 5.34. The van der Waals surface area contributed by atoms with E-state index in [0.717, 1.165) is 38.0 Å². The minimum absolute atomic E-state index is 0.128. The van der Waals surface area contributed by atoms with Crippen molar-refractivity contribution in [3.05, 3.63) is 23.8 Å². The third kappa shape index (κ3) is 3.39. The number of hydrogen-bond donors (Lipinski definition) is 3. The maximum Gasteiger partial charge on any atom is 0.119 e. The molecule has 0 aliphatic carbocycles. The van der Waals surface area contributed by atoms with Crippen molar-refractivity contribution in [3.8, 4) is 11.5 Å². The van der Waals surface area contributed by atoms with Gasteiger partial charge in [-0.15, -0.1) is 0 Å². The topological polar surface area (TPSA) is 55.7 Å². The first-order valence-electron chi connectivity index (χ1n) is 7.11. The minimum Gasteiger partial charge on any atom is -0.508 e. The molecule has 1 aromatic carbocycles. The molecule has 1 heterocycles. The number of nitrogens with one attached hydrogen (secondary N) is 1. The Hall–Kier alpha value is -1.26. The molecule has 1 fully saturated rings. The lowest BCUT2D eigenvalue weighted by Crippen LogP contribution is -2.39. The van der Waals surface area contributed by atoms with Crippen molar-refractivity contribution in [1.29, 1.82) is 0 Å². The summed E-state index contributed by atoms with van der Waals surface area (Å²) in [6.07, 6.45) is 2.26. The highest BCUT2D eigenvalue weighted by atomic mass is 16.3. The van der Waals surface area contributed by atoms with E-state index in [0.29, 0.717) is 6.04 Å². The van der Waals surface area contributed by atoms with E-state index in [-0.39, 0.29) is 17.5 Å². The van der Waals surface area contributed by atoms with E-state index >= 15 is 0 Å². The van der Waals surface area contributed by atoms with E-state index in [9.17, 15) is 10.2 Å². The predicted molar refractivity (Wildman–Crippen MR) is 76.5 cm³/mol. The summed E-state index contributed by atoms with van der Waals surface area (Å²) >= 11 is 0. The molecular weight excluding hydrogens is 240 g/mol. The molecule has 0 spiro atoms. The minimum atomic E-state index is 0.128. The monoisotopic (exact) mass is 264 g/mol. The SMILES string of the molecule is CCCN(C1CCNC1)C(C)c1cc(O)cc(O)c1. The van der Waals surface area contributed by atoms with Gasteiger partial charge in [-0.1, -0.05) is 6.92 Å². The number of rotatable bonds is 5. The van der Waals surface area contributed by atoms with Crippen molar-refractivity contribution in [1.82, 2.24) is 10.2 Å². The van der Waals surface area contributed by atoms with Gasteiger partial charge in [0.05, 0.1) is 0 Å². The van der Waals surface area contributed by atoms with Gasteiger partial charge < -0.3 is 15.5 Å². The molecule has 3 N–H and O–H groups in total. The summed E-state index contributed by atoms with van der Waals surface area (Å²) in [6.45, 7) is 7.45. The van der Waals surface area contributed by atoms with Crippen molar-refractivity contribution >= 4 is 0 Å². The molecule has 2 unspecified atom stereocenters. The molecule has 2 rings (SSSR count). The standard InChI is InChI=1S/C15H24N2O2/c1-3-6-17(13-4-5-16-10-13)11(2)12-7-14(18)9-15(19)8-12/h7-9,11,13,16,18-19H,3-6,10H2,1-2H3. The van der Waals surface area contributed by atoms with E-state index in [1.807, 2.05) is 0 Å². The normalized spacial score (nSPS) is 20.9. The van der Waals surface area contributed by atoms with Gasteiger partial charge in [0, 0.05) is 24.7 Å². The van der Waals surface area contributed by atoms with Gasteiger partial charge in [0.25, 0.3) is 0 Å². The maximum absolute atomic E-state index is 9.63. The molecule has 19 heavy (non-hydrogen) atoms. The Morgan fingerprint density at radius 3 is 2.53 bits per heavy atom. The van der Waals surface area contributed by atoms with E-state index in [1.165, 1.54) is 6.07 Å². The van der Waals surface area contributed by atoms with Crippen LogP contribution in [0, 0.1) is 0 Å². The van der Waals surface area contributed by atoms with E-state index < -0.39 is 0 Å². The van der Waals surface area contributed by atoms with Gasteiger partial charge >= 0.3 is 0 Å². The first-order valence-corrected chi connectivity index (χ1v) is 7.11. The third-order valence-corrected chi connectivity index (χ3v) is 3.89. The summed E-state index contributed by atoms with van der Waals surface area (Å²) in [5.74, 6) is 0.255. The van der Waals surface area contributed by atoms with Gasteiger partial charge in [-0.25, -0.2) is 0 Å². The Labute approximate surface area is 115 Å². The fourth-order valence-corrected chi connectivity index (χ4v) is 2.92. The van der Waals surface area contributed by atoms with Crippen LogP contribution in [0.15, 0.2) is 18.2 Å². The van der Waals surface area contributed by atoms with Crippen LogP contribution in [-0.2, 0) is 0 Å². The fourth-order valence-electron chi connectivity index (χ4n) is 2.92. The van der Waals surface area contributed by atoms with Crippen molar-refractivity contribution < 1.29 is 10.2 Å². The zero-order chi connectivity index (χ0) is 13.8. The molecule has 1 aromatic rings. The van der Waals surface area contributed by atoms with Gasteiger partial charge in [0.15, 0.2) is 0 Å². The quantitative estimate of drug-likeness (QED) is 0.763.